The van der Waals surface area contributed by atoms with Gasteiger partial charge in [-0.25, -0.2) is 4.79 Å². The summed E-state index contributed by atoms with van der Waals surface area (Å²) in [4.78, 5) is 50.2. The third-order valence-corrected chi connectivity index (χ3v) is 4.99. The molecule has 0 radical (unpaired) electrons. The molecule has 3 atom stereocenters. The lowest BCUT2D eigenvalue weighted by Gasteiger charge is -2.31. The second kappa shape index (κ2) is 7.49. The van der Waals surface area contributed by atoms with Crippen LogP contribution in [0.1, 0.15) is 27.2 Å². The van der Waals surface area contributed by atoms with Gasteiger partial charge in [0.1, 0.15) is 24.7 Å². The van der Waals surface area contributed by atoms with E-state index in [9.17, 15) is 24.3 Å². The molecule has 150 valence electrons. The van der Waals surface area contributed by atoms with Gasteiger partial charge in [0.25, 0.3) is 5.91 Å². The lowest BCUT2D eigenvalue weighted by Crippen LogP contribution is -2.55. The Morgan fingerprint density at radius 3 is 2.64 bits per heavy atom. The maximum Gasteiger partial charge on any atom is 0.327 e. The average Bonchev–Trinajstić information content (AvgIpc) is 2.78. The van der Waals surface area contributed by atoms with Gasteiger partial charge >= 0.3 is 5.97 Å². The lowest BCUT2D eigenvalue weighted by atomic mass is 9.98. The normalized spacial score (nSPS) is 24.2. The van der Waals surface area contributed by atoms with E-state index in [0.717, 1.165) is 0 Å². The molecule has 0 aliphatic carbocycles. The van der Waals surface area contributed by atoms with Gasteiger partial charge in [-0.15, -0.1) is 0 Å². The third-order valence-electron chi connectivity index (χ3n) is 4.99. The van der Waals surface area contributed by atoms with Crippen molar-refractivity contribution in [3.8, 4) is 0 Å². The zero-order valence-electron chi connectivity index (χ0n) is 15.9. The van der Waals surface area contributed by atoms with Crippen molar-refractivity contribution in [1.29, 1.82) is 0 Å². The number of nitrogens with zero attached hydrogens (tertiary/aromatic N) is 1. The van der Waals surface area contributed by atoms with Crippen LogP contribution in [0.3, 0.4) is 0 Å². The molecule has 9 heteroatoms. The molecule has 3 aliphatic heterocycles. The highest BCUT2D eigenvalue weighted by atomic mass is 16.5. The predicted octanol–water partition coefficient (Wildman–Crippen LogP) is 0.0554. The molecule has 0 aromatic rings. The highest BCUT2D eigenvalue weighted by Gasteiger charge is 2.48. The largest absolute Gasteiger partial charge is 0.497 e. The Balaban J connectivity index is 1.94. The van der Waals surface area contributed by atoms with Crippen molar-refractivity contribution >= 4 is 23.7 Å². The van der Waals surface area contributed by atoms with Gasteiger partial charge in [-0.3, -0.25) is 19.3 Å². The third kappa shape index (κ3) is 3.39. The maximum atomic E-state index is 13.1. The van der Waals surface area contributed by atoms with Gasteiger partial charge in [0.15, 0.2) is 0 Å². The fraction of sp³-hybridized carbons (Fsp3) is 0.474. The second-order valence-electron chi connectivity index (χ2n) is 7.31. The Morgan fingerprint density at radius 2 is 2.04 bits per heavy atom. The maximum absolute atomic E-state index is 13.1. The predicted molar refractivity (Wildman–Crippen MR) is 97.5 cm³/mol. The molecule has 3 rings (SSSR count). The first kappa shape index (κ1) is 19.7. The smallest absolute Gasteiger partial charge is 0.327 e. The van der Waals surface area contributed by atoms with E-state index in [0.29, 0.717) is 16.8 Å². The van der Waals surface area contributed by atoms with Crippen molar-refractivity contribution < 1.29 is 29.0 Å². The first-order valence-electron chi connectivity index (χ1n) is 9.07. The lowest BCUT2D eigenvalue weighted by molar-refractivity contribution is -0.148. The molecule has 3 amide bonds. The van der Waals surface area contributed by atoms with E-state index in [4.69, 9.17) is 4.74 Å². The van der Waals surface area contributed by atoms with Crippen molar-refractivity contribution in [1.82, 2.24) is 15.5 Å². The number of carboxylic acids is 1. The number of carboxylic acid groups (broad SMARTS) is 1. The Morgan fingerprint density at radius 1 is 1.32 bits per heavy atom. The number of amides is 3. The summed E-state index contributed by atoms with van der Waals surface area (Å²) in [5.74, 6) is -2.69. The van der Waals surface area contributed by atoms with Crippen LogP contribution < -0.4 is 10.6 Å². The summed E-state index contributed by atoms with van der Waals surface area (Å²) in [5.41, 5.74) is 1.67. The van der Waals surface area contributed by atoms with Crippen LogP contribution in [-0.2, 0) is 23.9 Å². The zero-order valence-corrected chi connectivity index (χ0v) is 15.9. The summed E-state index contributed by atoms with van der Waals surface area (Å²) < 4.78 is 5.42. The molecular formula is C19H23N3O6. The number of hydrogen-bond donors (Lipinski definition) is 3. The van der Waals surface area contributed by atoms with Gasteiger partial charge in [-0.1, -0.05) is 19.9 Å². The highest BCUT2D eigenvalue weighted by molar-refractivity contribution is 5.99. The summed E-state index contributed by atoms with van der Waals surface area (Å²) in [6.07, 6.45) is 5.08. The molecule has 0 saturated carbocycles. The van der Waals surface area contributed by atoms with Crippen molar-refractivity contribution in [3.05, 3.63) is 35.3 Å². The zero-order chi connectivity index (χ0) is 20.6. The minimum absolute atomic E-state index is 0.0508. The fourth-order valence-corrected chi connectivity index (χ4v) is 3.67. The van der Waals surface area contributed by atoms with E-state index < -0.39 is 35.9 Å². The van der Waals surface area contributed by atoms with Crippen LogP contribution >= 0.6 is 0 Å². The van der Waals surface area contributed by atoms with Crippen molar-refractivity contribution in [2.24, 2.45) is 5.92 Å². The van der Waals surface area contributed by atoms with Gasteiger partial charge in [-0.2, -0.15) is 0 Å². The summed E-state index contributed by atoms with van der Waals surface area (Å²) in [6.45, 7) is 4.92. The quantitative estimate of drug-likeness (QED) is 0.610. The van der Waals surface area contributed by atoms with E-state index in [1.165, 1.54) is 18.1 Å². The van der Waals surface area contributed by atoms with E-state index >= 15 is 0 Å². The molecule has 3 heterocycles. The Hall–Kier alpha value is -3.10. The molecule has 0 spiro atoms. The van der Waals surface area contributed by atoms with E-state index in [1.807, 2.05) is 0 Å². The monoisotopic (exact) mass is 389 g/mol. The SMILES string of the molecule is CC(=O)NC(C(=O)N[C@@H]1C(=O)N2C3=C1COC=CC3=CC[C@H]2C(=O)O)C(C)C. The van der Waals surface area contributed by atoms with Gasteiger partial charge < -0.3 is 20.5 Å². The second-order valence-corrected chi connectivity index (χ2v) is 7.31. The van der Waals surface area contributed by atoms with Gasteiger partial charge in [0, 0.05) is 12.5 Å². The Labute approximate surface area is 162 Å². The van der Waals surface area contributed by atoms with E-state index in [-0.39, 0.29) is 24.9 Å². The molecule has 0 aromatic carbocycles. The molecule has 0 fully saturated rings. The first-order chi connectivity index (χ1) is 13.2. The minimum atomic E-state index is -1.12. The average molecular weight is 389 g/mol. The number of carbonyl (C=O) groups is 4. The summed E-state index contributed by atoms with van der Waals surface area (Å²) in [5, 5.41) is 14.8. The molecule has 28 heavy (non-hydrogen) atoms. The summed E-state index contributed by atoms with van der Waals surface area (Å²) >= 11 is 0. The van der Waals surface area contributed by atoms with Crippen LogP contribution in [0, 0.1) is 5.92 Å². The molecule has 1 unspecified atom stereocenters. The standard InChI is InChI=1S/C19H23N3O6/c1-9(2)14(20-10(3)23)17(24)21-15-12-8-28-7-6-11-4-5-13(19(26)27)22(16(11)12)18(15)25/h4,6-7,9,13-15H,5,8H2,1-3H3,(H,20,23)(H,21,24)(H,26,27)/t13-,14?,15-/m0/s1. The van der Waals surface area contributed by atoms with Crippen molar-refractivity contribution in [2.45, 2.75) is 45.3 Å². The molecule has 9 nitrogen and oxygen atoms in total. The number of rotatable bonds is 5. The Bertz CT molecular complexity index is 826. The van der Waals surface area contributed by atoms with Crippen LogP contribution in [0.5, 0.6) is 0 Å². The van der Waals surface area contributed by atoms with Crippen molar-refractivity contribution in [3.63, 3.8) is 0 Å². The van der Waals surface area contributed by atoms with Gasteiger partial charge in [0.05, 0.1) is 12.0 Å². The van der Waals surface area contributed by atoms with Crippen LogP contribution in [-0.4, -0.2) is 58.4 Å². The summed E-state index contributed by atoms with van der Waals surface area (Å²) in [6, 6.07) is -2.89. The van der Waals surface area contributed by atoms with Crippen LogP contribution in [0.25, 0.3) is 0 Å². The van der Waals surface area contributed by atoms with Crippen LogP contribution in [0.2, 0.25) is 0 Å². The van der Waals surface area contributed by atoms with Crippen LogP contribution in [0.4, 0.5) is 0 Å². The minimum Gasteiger partial charge on any atom is -0.497 e. The summed E-state index contributed by atoms with van der Waals surface area (Å²) in [7, 11) is 0. The van der Waals surface area contributed by atoms with Gasteiger partial charge in [0.2, 0.25) is 11.8 Å². The number of carbonyl (C=O) groups excluding carboxylic acids is 3. The topological polar surface area (TPSA) is 125 Å². The molecule has 3 N–H and O–H groups in total. The highest BCUT2D eigenvalue weighted by Crippen LogP contribution is 2.38. The van der Waals surface area contributed by atoms with Crippen LogP contribution in [0.15, 0.2) is 35.3 Å². The first-order valence-corrected chi connectivity index (χ1v) is 9.07. The molecule has 3 aliphatic rings. The van der Waals surface area contributed by atoms with Gasteiger partial charge in [-0.05, 0) is 24.0 Å². The molecule has 0 aromatic heterocycles. The fourth-order valence-electron chi connectivity index (χ4n) is 3.67. The number of ether oxygens (including phenoxy) is 1. The van der Waals surface area contributed by atoms with E-state index in [1.54, 1.807) is 26.0 Å². The number of hydrogen-bond acceptors (Lipinski definition) is 5. The Kier molecular flexibility index (Phi) is 5.26. The number of aliphatic carboxylic acids is 1. The molecular weight excluding hydrogens is 366 g/mol. The molecule has 0 bridgehead atoms. The number of nitrogens with one attached hydrogen (secondary N) is 2. The van der Waals surface area contributed by atoms with Crippen molar-refractivity contribution in [2.75, 3.05) is 6.61 Å². The number of allylic oxidation sites excluding steroid dienone is 1. The molecule has 0 saturated heterocycles. The van der Waals surface area contributed by atoms with E-state index in [2.05, 4.69) is 10.6 Å².